The molecule has 0 aliphatic rings. The predicted octanol–water partition coefficient (Wildman–Crippen LogP) is -0.465. The lowest BCUT2D eigenvalue weighted by Crippen LogP contribution is -2.34. The van der Waals surface area contributed by atoms with Crippen molar-refractivity contribution in [1.82, 2.24) is 15.1 Å². The lowest BCUT2D eigenvalue weighted by Gasteiger charge is -2.07. The summed E-state index contributed by atoms with van der Waals surface area (Å²) >= 11 is 0. The molecule has 0 unspecified atom stereocenters. The van der Waals surface area contributed by atoms with Gasteiger partial charge in [-0.3, -0.25) is 24.3 Å². The topological polar surface area (TPSA) is 110 Å². The average Bonchev–Trinajstić information content (AvgIpc) is 2.55. The minimum Gasteiger partial charge on any atom is -0.454 e. The van der Waals surface area contributed by atoms with Gasteiger partial charge in [0.2, 0.25) is 0 Å². The molecule has 0 spiro atoms. The van der Waals surface area contributed by atoms with E-state index in [-0.39, 0.29) is 17.3 Å². The highest BCUT2D eigenvalue weighted by Gasteiger charge is 2.12. The number of nitrogens with zero attached hydrogens (tertiary/aromatic N) is 1. The molecule has 120 valence electrons. The third kappa shape index (κ3) is 3.94. The molecule has 0 atom stereocenters. The van der Waals surface area contributed by atoms with Crippen molar-refractivity contribution in [2.75, 3.05) is 13.2 Å². The first-order valence-corrected chi connectivity index (χ1v) is 6.78. The molecule has 0 fully saturated rings. The number of aromatic amines is 1. The summed E-state index contributed by atoms with van der Waals surface area (Å²) in [6.45, 7) is 2.72. The first-order chi connectivity index (χ1) is 11.0. The Morgan fingerprint density at radius 1 is 1.26 bits per heavy atom. The second-order valence-electron chi connectivity index (χ2n) is 4.63. The summed E-state index contributed by atoms with van der Waals surface area (Å²) in [6.07, 6.45) is 1.49. The zero-order valence-electron chi connectivity index (χ0n) is 12.2. The molecule has 2 N–H and O–H groups in total. The van der Waals surface area contributed by atoms with Gasteiger partial charge in [-0.2, -0.15) is 0 Å². The molecule has 1 amide bonds. The molecule has 8 nitrogen and oxygen atoms in total. The van der Waals surface area contributed by atoms with Crippen molar-refractivity contribution < 1.29 is 14.3 Å². The third-order valence-corrected chi connectivity index (χ3v) is 2.98. The van der Waals surface area contributed by atoms with Crippen molar-refractivity contribution in [3.05, 3.63) is 57.6 Å². The smallest absolute Gasteiger partial charge is 0.328 e. The van der Waals surface area contributed by atoms with E-state index < -0.39 is 36.1 Å². The second-order valence-corrected chi connectivity index (χ2v) is 4.63. The molecule has 0 aliphatic carbocycles. The summed E-state index contributed by atoms with van der Waals surface area (Å²) < 4.78 is 5.60. The Morgan fingerprint density at radius 2 is 1.96 bits per heavy atom. The van der Waals surface area contributed by atoms with Crippen LogP contribution in [0, 0.1) is 0 Å². The van der Waals surface area contributed by atoms with Crippen LogP contribution in [0.3, 0.4) is 0 Å². The van der Waals surface area contributed by atoms with Crippen molar-refractivity contribution in [2.45, 2.75) is 6.54 Å². The molecule has 0 radical (unpaired) electrons. The number of esters is 1. The second kappa shape index (κ2) is 7.21. The third-order valence-electron chi connectivity index (χ3n) is 2.98. The van der Waals surface area contributed by atoms with Crippen LogP contribution in [0.2, 0.25) is 0 Å². The van der Waals surface area contributed by atoms with Crippen molar-refractivity contribution in [3.8, 4) is 0 Å². The Kier molecular flexibility index (Phi) is 5.08. The van der Waals surface area contributed by atoms with Crippen molar-refractivity contribution >= 4 is 22.6 Å². The van der Waals surface area contributed by atoms with Gasteiger partial charge in [0, 0.05) is 6.54 Å². The number of nitrogens with one attached hydrogen (secondary N) is 2. The van der Waals surface area contributed by atoms with Crippen molar-refractivity contribution in [1.29, 1.82) is 0 Å². The predicted molar refractivity (Wildman–Crippen MR) is 83.0 cm³/mol. The number of fused-ring (bicyclic) bond motifs is 1. The van der Waals surface area contributed by atoms with Crippen LogP contribution in [-0.4, -0.2) is 34.8 Å². The highest BCUT2D eigenvalue weighted by molar-refractivity contribution is 5.81. The van der Waals surface area contributed by atoms with E-state index in [9.17, 15) is 19.2 Å². The van der Waals surface area contributed by atoms with E-state index in [2.05, 4.69) is 17.0 Å². The Morgan fingerprint density at radius 3 is 2.65 bits per heavy atom. The average molecular weight is 317 g/mol. The molecule has 23 heavy (non-hydrogen) atoms. The van der Waals surface area contributed by atoms with Crippen molar-refractivity contribution in [3.63, 3.8) is 0 Å². The fourth-order valence-electron chi connectivity index (χ4n) is 1.92. The number of amides is 1. The van der Waals surface area contributed by atoms with Crippen molar-refractivity contribution in [2.24, 2.45) is 0 Å². The summed E-state index contributed by atoms with van der Waals surface area (Å²) in [5.74, 6) is -1.30. The minimum atomic E-state index is -0.813. The SMILES string of the molecule is C=CCNC(=O)COC(=O)Cn1[nH]c(=O)c2ccccc2c1=O. The largest absolute Gasteiger partial charge is 0.454 e. The number of H-pyrrole nitrogens is 1. The lowest BCUT2D eigenvalue weighted by atomic mass is 10.2. The molecule has 2 aromatic rings. The van der Waals surface area contributed by atoms with E-state index in [1.165, 1.54) is 18.2 Å². The van der Waals surface area contributed by atoms with Gasteiger partial charge in [0.15, 0.2) is 6.61 Å². The fraction of sp³-hybridized carbons (Fsp3) is 0.200. The van der Waals surface area contributed by atoms with Crippen LogP contribution in [0.1, 0.15) is 0 Å². The van der Waals surface area contributed by atoms with Crippen LogP contribution in [0.4, 0.5) is 0 Å². The maximum atomic E-state index is 12.2. The number of carbonyl (C=O) groups is 2. The molecule has 0 saturated heterocycles. The molecule has 8 heteroatoms. The number of ether oxygens (including phenoxy) is 1. The van der Waals surface area contributed by atoms with E-state index >= 15 is 0 Å². The van der Waals surface area contributed by atoms with E-state index in [0.717, 1.165) is 4.68 Å². The molecule has 0 saturated carbocycles. The normalized spacial score (nSPS) is 10.3. The highest BCUT2D eigenvalue weighted by atomic mass is 16.5. The zero-order valence-corrected chi connectivity index (χ0v) is 12.2. The molecule has 0 bridgehead atoms. The quantitative estimate of drug-likeness (QED) is 0.553. The maximum absolute atomic E-state index is 12.2. The van der Waals surface area contributed by atoms with Crippen LogP contribution in [0.25, 0.3) is 10.8 Å². The standard InChI is InChI=1S/C15H15N3O5/c1-2-7-16-12(19)9-23-13(20)8-18-15(22)11-6-4-3-5-10(11)14(21)17-18/h2-6H,1,7-9H2,(H,16,19)(H,17,21). The highest BCUT2D eigenvalue weighted by Crippen LogP contribution is 2.02. The Hall–Kier alpha value is -3.16. The van der Waals surface area contributed by atoms with Gasteiger partial charge in [-0.15, -0.1) is 6.58 Å². The summed E-state index contributed by atoms with van der Waals surface area (Å²) in [5.41, 5.74) is -1.01. The van der Waals surface area contributed by atoms with Gasteiger partial charge in [-0.05, 0) is 12.1 Å². The molecular weight excluding hydrogens is 302 g/mol. The molecule has 1 aromatic carbocycles. The number of rotatable bonds is 6. The minimum absolute atomic E-state index is 0.202. The van der Waals surface area contributed by atoms with Crippen LogP contribution >= 0.6 is 0 Å². The van der Waals surface area contributed by atoms with Gasteiger partial charge in [0.1, 0.15) is 6.54 Å². The van der Waals surface area contributed by atoms with E-state index in [1.807, 2.05) is 0 Å². The molecule has 1 aromatic heterocycles. The number of benzene rings is 1. The van der Waals surface area contributed by atoms with E-state index in [1.54, 1.807) is 12.1 Å². The number of aromatic nitrogens is 2. The van der Waals surface area contributed by atoms with Gasteiger partial charge in [0.25, 0.3) is 17.0 Å². The summed E-state index contributed by atoms with van der Waals surface area (Å²) in [4.78, 5) is 47.0. The number of hydrogen-bond donors (Lipinski definition) is 2. The van der Waals surface area contributed by atoms with E-state index in [0.29, 0.717) is 0 Å². The van der Waals surface area contributed by atoms with Crippen LogP contribution in [0.15, 0.2) is 46.5 Å². The number of carbonyl (C=O) groups excluding carboxylic acids is 2. The lowest BCUT2D eigenvalue weighted by molar-refractivity contribution is -0.149. The van der Waals surface area contributed by atoms with Gasteiger partial charge >= 0.3 is 5.97 Å². The zero-order chi connectivity index (χ0) is 16.8. The molecule has 0 aliphatic heterocycles. The van der Waals surface area contributed by atoms with Gasteiger partial charge in [-0.25, -0.2) is 4.68 Å². The summed E-state index contributed by atoms with van der Waals surface area (Å²) in [5, 5.41) is 5.18. The number of hydrogen-bond acceptors (Lipinski definition) is 5. The first kappa shape index (κ1) is 16.2. The molecule has 1 heterocycles. The van der Waals surface area contributed by atoms with Crippen LogP contribution in [0.5, 0.6) is 0 Å². The molecule has 2 rings (SSSR count). The van der Waals surface area contributed by atoms with Gasteiger partial charge in [0.05, 0.1) is 10.8 Å². The monoisotopic (exact) mass is 317 g/mol. The molecular formula is C15H15N3O5. The summed E-state index contributed by atoms with van der Waals surface area (Å²) in [6, 6.07) is 6.27. The van der Waals surface area contributed by atoms with E-state index in [4.69, 9.17) is 4.74 Å². The van der Waals surface area contributed by atoms with Gasteiger partial charge in [-0.1, -0.05) is 18.2 Å². The first-order valence-electron chi connectivity index (χ1n) is 6.78. The Bertz CT molecular complexity index is 865. The van der Waals surface area contributed by atoms with Gasteiger partial charge < -0.3 is 10.1 Å². The maximum Gasteiger partial charge on any atom is 0.328 e. The summed E-state index contributed by atoms with van der Waals surface area (Å²) in [7, 11) is 0. The Balaban J connectivity index is 2.10. The van der Waals surface area contributed by atoms with Crippen LogP contribution in [-0.2, 0) is 20.9 Å². The van der Waals surface area contributed by atoms with Crippen LogP contribution < -0.4 is 16.4 Å². The Labute approximate surface area is 130 Å². The fourth-order valence-corrected chi connectivity index (χ4v) is 1.92.